The number of rotatable bonds is 4. The Hall–Kier alpha value is -2.48. The summed E-state index contributed by atoms with van der Waals surface area (Å²) in [6.45, 7) is 4.97. The molecule has 3 heterocycles. The van der Waals surface area contributed by atoms with Gasteiger partial charge in [-0.15, -0.1) is 0 Å². The summed E-state index contributed by atoms with van der Waals surface area (Å²) in [6.07, 6.45) is 2.45. The fourth-order valence-corrected chi connectivity index (χ4v) is 4.28. The molecule has 0 bridgehead atoms. The third-order valence-corrected chi connectivity index (χ3v) is 5.94. The van der Waals surface area contributed by atoms with Crippen LogP contribution in [0.15, 0.2) is 27.7 Å². The van der Waals surface area contributed by atoms with Gasteiger partial charge in [0.1, 0.15) is 29.4 Å². The smallest absolute Gasteiger partial charge is 0.140 e. The highest BCUT2D eigenvalue weighted by atomic mass is 79.9. The quantitative estimate of drug-likeness (QED) is 0.548. The minimum absolute atomic E-state index is 0.0331. The molecule has 28 heavy (non-hydrogen) atoms. The first-order chi connectivity index (χ1) is 13.6. The summed E-state index contributed by atoms with van der Waals surface area (Å²) in [4.78, 5) is 8.32. The molecule has 2 aliphatic rings. The molecule has 1 unspecified atom stereocenters. The van der Waals surface area contributed by atoms with E-state index in [9.17, 15) is 0 Å². The topological polar surface area (TPSA) is 79.3 Å². The highest BCUT2D eigenvalue weighted by Gasteiger charge is 2.29. The molecule has 5 rings (SSSR count). The number of aryl methyl sites for hydroxylation is 1. The Labute approximate surface area is 171 Å². The summed E-state index contributed by atoms with van der Waals surface area (Å²) < 4.78 is 8.44. The minimum atomic E-state index is -0.0331. The second-order valence-corrected chi connectivity index (χ2v) is 8.23. The van der Waals surface area contributed by atoms with Crippen LogP contribution in [0.4, 0.5) is 11.6 Å². The van der Waals surface area contributed by atoms with Crippen molar-refractivity contribution < 1.29 is 4.74 Å². The van der Waals surface area contributed by atoms with Crippen molar-refractivity contribution >= 4 is 44.3 Å². The lowest BCUT2D eigenvalue weighted by Gasteiger charge is -2.21. The second-order valence-electron chi connectivity index (χ2n) is 7.37. The van der Waals surface area contributed by atoms with Crippen molar-refractivity contribution in [2.24, 2.45) is 4.99 Å². The summed E-state index contributed by atoms with van der Waals surface area (Å²) in [5.74, 6) is 4.20. The van der Waals surface area contributed by atoms with Crippen molar-refractivity contribution in [3.05, 3.63) is 33.9 Å². The fourth-order valence-electron chi connectivity index (χ4n) is 3.78. The van der Waals surface area contributed by atoms with Crippen LogP contribution in [0.1, 0.15) is 43.9 Å². The van der Waals surface area contributed by atoms with Gasteiger partial charge in [-0.3, -0.25) is 0 Å². The van der Waals surface area contributed by atoms with Crippen LogP contribution in [-0.2, 0) is 6.54 Å². The normalized spacial score (nSPS) is 18.6. The molecule has 0 radical (unpaired) electrons. The number of aliphatic imine (C=N–C) groups is 1. The van der Waals surface area contributed by atoms with E-state index in [-0.39, 0.29) is 6.17 Å². The molecule has 0 amide bonds. The number of anilines is 2. The van der Waals surface area contributed by atoms with Crippen LogP contribution >= 0.6 is 15.9 Å². The van der Waals surface area contributed by atoms with Crippen molar-refractivity contribution in [1.82, 2.24) is 14.8 Å². The van der Waals surface area contributed by atoms with Crippen LogP contribution in [0.5, 0.6) is 5.75 Å². The zero-order valence-electron chi connectivity index (χ0n) is 16.1. The van der Waals surface area contributed by atoms with E-state index < -0.39 is 0 Å². The van der Waals surface area contributed by atoms with Crippen LogP contribution in [0.3, 0.4) is 0 Å². The van der Waals surface area contributed by atoms with Crippen molar-refractivity contribution in [1.29, 1.82) is 0 Å². The number of fused-ring (bicyclic) bond motifs is 3. The van der Waals surface area contributed by atoms with Crippen molar-refractivity contribution in [3.63, 3.8) is 0 Å². The number of benzene rings is 1. The average molecular weight is 443 g/mol. The molecule has 1 atom stereocenters. The van der Waals surface area contributed by atoms with E-state index >= 15 is 0 Å². The first-order valence-corrected chi connectivity index (χ1v) is 10.4. The summed E-state index contributed by atoms with van der Waals surface area (Å²) in [7, 11) is 1.68. The van der Waals surface area contributed by atoms with Gasteiger partial charge in [0.2, 0.25) is 0 Å². The number of halogens is 1. The molecule has 1 fully saturated rings. The summed E-state index contributed by atoms with van der Waals surface area (Å²) >= 11 is 3.57. The standard InChI is InChI=1S/C20H23BrN6O/c1-4-27-17(9-14(26-27)11-5-6-11)25-20-18-12-7-16(28-3)13(21)8-15(12)24-19(18)22-10(2)23-20/h7-11,22,24H,4-6H2,1-3H3,(H,23,25). The van der Waals surface area contributed by atoms with Crippen LogP contribution < -0.4 is 15.4 Å². The molecule has 0 spiro atoms. The molecular weight excluding hydrogens is 420 g/mol. The Morgan fingerprint density at radius 1 is 1.32 bits per heavy atom. The molecule has 8 heteroatoms. The lowest BCUT2D eigenvalue weighted by molar-refractivity contribution is 0.413. The SMILES string of the molecule is CCn1nc(C2CC2)cc1NC1=NC(C)Nc2[nH]c3cc(Br)c(OC)cc3c21. The Bertz CT molecular complexity index is 1090. The molecule has 146 valence electrons. The number of amidine groups is 1. The number of hydrogen-bond acceptors (Lipinski definition) is 5. The van der Waals surface area contributed by atoms with Crippen LogP contribution in [-0.4, -0.2) is 33.9 Å². The molecule has 1 aliphatic carbocycles. The first-order valence-electron chi connectivity index (χ1n) is 9.66. The van der Waals surface area contributed by atoms with Gasteiger partial charge in [0.05, 0.1) is 22.8 Å². The number of ether oxygens (including phenoxy) is 1. The average Bonchev–Trinajstić information content (AvgIpc) is 3.35. The molecule has 1 aliphatic heterocycles. The highest BCUT2D eigenvalue weighted by Crippen LogP contribution is 2.41. The van der Waals surface area contributed by atoms with Crippen LogP contribution in [0, 0.1) is 0 Å². The van der Waals surface area contributed by atoms with E-state index in [0.717, 1.165) is 50.7 Å². The summed E-state index contributed by atoms with van der Waals surface area (Å²) in [5, 5.41) is 12.8. The maximum absolute atomic E-state index is 5.51. The third-order valence-electron chi connectivity index (χ3n) is 5.32. The summed E-state index contributed by atoms with van der Waals surface area (Å²) in [5.41, 5.74) is 3.23. The van der Waals surface area contributed by atoms with Gasteiger partial charge < -0.3 is 20.4 Å². The highest BCUT2D eigenvalue weighted by molar-refractivity contribution is 9.10. The van der Waals surface area contributed by atoms with Crippen LogP contribution in [0.2, 0.25) is 0 Å². The van der Waals surface area contributed by atoms with Crippen molar-refractivity contribution in [2.45, 2.75) is 45.3 Å². The van der Waals surface area contributed by atoms with Gasteiger partial charge in [-0.05, 0) is 54.8 Å². The number of methoxy groups -OCH3 is 1. The van der Waals surface area contributed by atoms with Gasteiger partial charge in [0, 0.05) is 29.4 Å². The molecule has 1 aromatic carbocycles. The fraction of sp³-hybridized carbons (Fsp3) is 0.400. The van der Waals surface area contributed by atoms with Crippen molar-refractivity contribution in [2.75, 3.05) is 17.7 Å². The molecule has 7 nitrogen and oxygen atoms in total. The number of aromatic nitrogens is 3. The van der Waals surface area contributed by atoms with Gasteiger partial charge >= 0.3 is 0 Å². The number of aromatic amines is 1. The van der Waals surface area contributed by atoms with E-state index in [0.29, 0.717) is 5.92 Å². The molecule has 3 aromatic rings. The molecule has 1 saturated carbocycles. The lowest BCUT2D eigenvalue weighted by atomic mass is 10.1. The Balaban J connectivity index is 1.60. The predicted molar refractivity (Wildman–Crippen MR) is 116 cm³/mol. The Kier molecular flexibility index (Phi) is 4.12. The Morgan fingerprint density at radius 2 is 2.14 bits per heavy atom. The van der Waals surface area contributed by atoms with Gasteiger partial charge in [0.25, 0.3) is 0 Å². The zero-order chi connectivity index (χ0) is 19.4. The summed E-state index contributed by atoms with van der Waals surface area (Å²) in [6, 6.07) is 6.25. The van der Waals surface area contributed by atoms with Gasteiger partial charge in [0.15, 0.2) is 0 Å². The number of nitrogens with zero attached hydrogens (tertiary/aromatic N) is 3. The molecule has 3 N–H and O–H groups in total. The zero-order valence-corrected chi connectivity index (χ0v) is 17.7. The van der Waals surface area contributed by atoms with Gasteiger partial charge in [-0.2, -0.15) is 5.10 Å². The number of H-pyrrole nitrogens is 1. The minimum Gasteiger partial charge on any atom is -0.496 e. The number of hydrogen-bond donors (Lipinski definition) is 3. The van der Waals surface area contributed by atoms with Crippen LogP contribution in [0.25, 0.3) is 10.9 Å². The molecule has 2 aromatic heterocycles. The van der Waals surface area contributed by atoms with E-state index in [1.54, 1.807) is 7.11 Å². The Morgan fingerprint density at radius 3 is 2.86 bits per heavy atom. The van der Waals surface area contributed by atoms with E-state index in [1.807, 2.05) is 23.7 Å². The van der Waals surface area contributed by atoms with Crippen molar-refractivity contribution in [3.8, 4) is 5.75 Å². The van der Waals surface area contributed by atoms with Gasteiger partial charge in [-0.25, -0.2) is 9.67 Å². The lowest BCUT2D eigenvalue weighted by Crippen LogP contribution is -2.28. The van der Waals surface area contributed by atoms with E-state index in [1.165, 1.54) is 18.5 Å². The molecular formula is C20H23BrN6O. The number of nitrogens with one attached hydrogen (secondary N) is 3. The van der Waals surface area contributed by atoms with E-state index in [4.69, 9.17) is 14.8 Å². The van der Waals surface area contributed by atoms with E-state index in [2.05, 4.69) is 44.5 Å². The largest absolute Gasteiger partial charge is 0.496 e. The molecule has 0 saturated heterocycles. The maximum atomic E-state index is 5.51. The predicted octanol–water partition coefficient (Wildman–Crippen LogP) is 4.66. The third kappa shape index (κ3) is 2.87. The monoisotopic (exact) mass is 442 g/mol. The maximum Gasteiger partial charge on any atom is 0.140 e. The second kappa shape index (κ2) is 6.55. The van der Waals surface area contributed by atoms with Gasteiger partial charge in [-0.1, -0.05) is 0 Å². The first kappa shape index (κ1) is 17.6.